The summed E-state index contributed by atoms with van der Waals surface area (Å²) in [6.07, 6.45) is 5.15. The molecule has 1 aliphatic rings. The van der Waals surface area contributed by atoms with Crippen LogP contribution >= 0.6 is 11.8 Å². The fourth-order valence-electron chi connectivity index (χ4n) is 3.68. The van der Waals surface area contributed by atoms with E-state index >= 15 is 0 Å². The van der Waals surface area contributed by atoms with Gasteiger partial charge in [-0.1, -0.05) is 59.8 Å². The van der Waals surface area contributed by atoms with Crippen molar-refractivity contribution in [3.05, 3.63) is 78.1 Å². The predicted octanol–water partition coefficient (Wildman–Crippen LogP) is 4.45. The fraction of sp³-hybridized carbons (Fsp3) is 0.320. The summed E-state index contributed by atoms with van der Waals surface area (Å²) >= 11 is 1.35. The van der Waals surface area contributed by atoms with Gasteiger partial charge in [-0.15, -0.1) is 0 Å². The molecule has 1 fully saturated rings. The quantitative estimate of drug-likeness (QED) is 0.514. The lowest BCUT2D eigenvalue weighted by Gasteiger charge is -2.32. The fourth-order valence-corrected chi connectivity index (χ4v) is 4.38. The van der Waals surface area contributed by atoms with Crippen LogP contribution in [-0.2, 0) is 11.3 Å². The summed E-state index contributed by atoms with van der Waals surface area (Å²) in [7, 11) is 0. The molecule has 7 heteroatoms. The van der Waals surface area contributed by atoms with Gasteiger partial charge in [-0.25, -0.2) is 9.97 Å². The van der Waals surface area contributed by atoms with E-state index in [0.717, 1.165) is 38.0 Å². The number of likely N-dealkylation sites (tertiary alicyclic amines) is 1. The van der Waals surface area contributed by atoms with Gasteiger partial charge >= 0.3 is 0 Å². The lowest BCUT2D eigenvalue weighted by molar-refractivity contribution is -0.119. The summed E-state index contributed by atoms with van der Waals surface area (Å²) < 4.78 is 5.88. The van der Waals surface area contributed by atoms with Crippen molar-refractivity contribution in [3.8, 4) is 11.6 Å². The first-order valence-electron chi connectivity index (χ1n) is 10.9. The van der Waals surface area contributed by atoms with Gasteiger partial charge in [0.25, 0.3) is 5.88 Å². The average molecular weight is 449 g/mol. The zero-order valence-corrected chi connectivity index (χ0v) is 19.1. The molecule has 3 aromatic rings. The monoisotopic (exact) mass is 448 g/mol. The minimum atomic E-state index is 0.0171. The Morgan fingerprint density at radius 2 is 1.78 bits per heavy atom. The van der Waals surface area contributed by atoms with Crippen LogP contribution in [0.4, 0.5) is 0 Å². The summed E-state index contributed by atoms with van der Waals surface area (Å²) in [5.41, 5.74) is 2.49. The third-order valence-electron chi connectivity index (χ3n) is 5.41. The summed E-state index contributed by atoms with van der Waals surface area (Å²) in [4.78, 5) is 23.6. The molecule has 2 aromatic carbocycles. The summed E-state index contributed by atoms with van der Waals surface area (Å²) in [6, 6.07) is 18.5. The second kappa shape index (κ2) is 11.1. The largest absolute Gasteiger partial charge is 0.437 e. The first-order valence-corrected chi connectivity index (χ1v) is 11.9. The Balaban J connectivity index is 1.23. The number of nitrogens with zero attached hydrogens (tertiary/aromatic N) is 3. The minimum absolute atomic E-state index is 0.0171. The van der Waals surface area contributed by atoms with Crippen molar-refractivity contribution < 1.29 is 9.53 Å². The van der Waals surface area contributed by atoms with E-state index in [1.165, 1.54) is 17.3 Å². The lowest BCUT2D eigenvalue weighted by atomic mass is 10.0. The number of piperidine rings is 1. The maximum Gasteiger partial charge on any atom is 0.252 e. The number of amides is 1. The van der Waals surface area contributed by atoms with Gasteiger partial charge in [0.15, 0.2) is 5.03 Å². The smallest absolute Gasteiger partial charge is 0.252 e. The summed E-state index contributed by atoms with van der Waals surface area (Å²) in [6.45, 7) is 4.98. The topological polar surface area (TPSA) is 67.3 Å². The van der Waals surface area contributed by atoms with E-state index < -0.39 is 0 Å². The van der Waals surface area contributed by atoms with Crippen LogP contribution in [0.15, 0.2) is 72.0 Å². The van der Waals surface area contributed by atoms with Crippen LogP contribution < -0.4 is 10.1 Å². The second-order valence-corrected chi connectivity index (χ2v) is 8.94. The molecule has 4 rings (SSSR count). The molecule has 1 N–H and O–H groups in total. The third-order valence-corrected chi connectivity index (χ3v) is 6.37. The maximum atomic E-state index is 12.5. The number of hydrogen-bond donors (Lipinski definition) is 1. The lowest BCUT2D eigenvalue weighted by Crippen LogP contribution is -2.44. The Kier molecular flexibility index (Phi) is 7.74. The van der Waals surface area contributed by atoms with Crippen molar-refractivity contribution in [2.24, 2.45) is 0 Å². The SMILES string of the molecule is Cc1ccc(Oc2nccnc2SCC(=O)NC2CCN(Cc3ccccc3)CC2)cc1. The molecule has 0 aliphatic carbocycles. The second-order valence-electron chi connectivity index (χ2n) is 7.97. The van der Waals surface area contributed by atoms with E-state index in [9.17, 15) is 4.79 Å². The van der Waals surface area contributed by atoms with E-state index in [1.807, 2.05) is 37.3 Å². The van der Waals surface area contributed by atoms with Crippen LogP contribution in [0.2, 0.25) is 0 Å². The van der Waals surface area contributed by atoms with Crippen LogP contribution in [0.1, 0.15) is 24.0 Å². The highest BCUT2D eigenvalue weighted by atomic mass is 32.2. The molecule has 0 bridgehead atoms. The summed E-state index contributed by atoms with van der Waals surface area (Å²) in [5.74, 6) is 1.42. The average Bonchev–Trinajstić information content (AvgIpc) is 2.82. The molecule has 0 spiro atoms. The molecule has 1 aliphatic heterocycles. The highest BCUT2D eigenvalue weighted by molar-refractivity contribution is 8.00. The Morgan fingerprint density at radius 1 is 1.06 bits per heavy atom. The van der Waals surface area contributed by atoms with Gasteiger partial charge in [-0.2, -0.15) is 0 Å². The number of aromatic nitrogens is 2. The number of carbonyl (C=O) groups is 1. The molecule has 0 saturated carbocycles. The Hall–Kier alpha value is -2.90. The van der Waals surface area contributed by atoms with Gasteiger partial charge < -0.3 is 10.1 Å². The summed E-state index contributed by atoms with van der Waals surface area (Å²) in [5, 5.41) is 3.79. The predicted molar refractivity (Wildman–Crippen MR) is 127 cm³/mol. The van der Waals surface area contributed by atoms with Crippen LogP contribution in [0.25, 0.3) is 0 Å². The van der Waals surface area contributed by atoms with Crippen molar-refractivity contribution >= 4 is 17.7 Å². The molecular formula is C25H28N4O2S. The molecule has 0 atom stereocenters. The number of aryl methyl sites for hydroxylation is 1. The van der Waals surface area contributed by atoms with Crippen molar-refractivity contribution in [3.63, 3.8) is 0 Å². The van der Waals surface area contributed by atoms with Crippen LogP contribution in [0.5, 0.6) is 11.6 Å². The van der Waals surface area contributed by atoms with Gasteiger partial charge in [0, 0.05) is 38.1 Å². The number of nitrogens with one attached hydrogen (secondary N) is 1. The molecule has 0 radical (unpaired) electrons. The number of hydrogen-bond acceptors (Lipinski definition) is 6. The zero-order valence-electron chi connectivity index (χ0n) is 18.2. The number of benzene rings is 2. The molecule has 2 heterocycles. The highest BCUT2D eigenvalue weighted by Gasteiger charge is 2.21. The van der Waals surface area contributed by atoms with Crippen molar-refractivity contribution in [2.75, 3.05) is 18.8 Å². The zero-order chi connectivity index (χ0) is 22.2. The molecule has 166 valence electrons. The minimum Gasteiger partial charge on any atom is -0.437 e. The molecule has 0 unspecified atom stereocenters. The first kappa shape index (κ1) is 22.3. The van der Waals surface area contributed by atoms with Gasteiger partial charge in [-0.3, -0.25) is 9.69 Å². The Bertz CT molecular complexity index is 1010. The first-order chi connectivity index (χ1) is 15.7. The normalized spacial score (nSPS) is 14.8. The van der Waals surface area contributed by atoms with E-state index in [0.29, 0.717) is 16.7 Å². The Morgan fingerprint density at radius 3 is 2.53 bits per heavy atom. The van der Waals surface area contributed by atoms with Crippen molar-refractivity contribution in [1.29, 1.82) is 0 Å². The number of thioether (sulfide) groups is 1. The molecule has 32 heavy (non-hydrogen) atoms. The highest BCUT2D eigenvalue weighted by Crippen LogP contribution is 2.28. The van der Waals surface area contributed by atoms with Crippen LogP contribution in [-0.4, -0.2) is 45.7 Å². The maximum absolute atomic E-state index is 12.5. The van der Waals surface area contributed by atoms with Crippen LogP contribution in [0.3, 0.4) is 0 Å². The van der Waals surface area contributed by atoms with Gasteiger partial charge in [0.05, 0.1) is 5.75 Å². The van der Waals surface area contributed by atoms with E-state index in [1.54, 1.807) is 12.4 Å². The van der Waals surface area contributed by atoms with E-state index in [4.69, 9.17) is 4.74 Å². The van der Waals surface area contributed by atoms with Gasteiger partial charge in [0.2, 0.25) is 5.91 Å². The van der Waals surface area contributed by atoms with Gasteiger partial charge in [0.1, 0.15) is 5.75 Å². The molecular weight excluding hydrogens is 420 g/mol. The molecule has 1 aromatic heterocycles. The van der Waals surface area contributed by atoms with Crippen LogP contribution in [0, 0.1) is 6.92 Å². The molecule has 6 nitrogen and oxygen atoms in total. The standard InChI is InChI=1S/C25H28N4O2S/c1-19-7-9-22(10-8-19)31-24-25(27-14-13-26-24)32-18-23(30)28-21-11-15-29(16-12-21)17-20-5-3-2-4-6-20/h2-10,13-14,21H,11-12,15-18H2,1H3,(H,28,30). The number of rotatable bonds is 8. The number of ether oxygens (including phenoxy) is 1. The molecule has 1 saturated heterocycles. The van der Waals surface area contributed by atoms with Gasteiger partial charge in [-0.05, 0) is 37.5 Å². The van der Waals surface area contributed by atoms with E-state index in [2.05, 4.69) is 44.5 Å². The van der Waals surface area contributed by atoms with Crippen molar-refractivity contribution in [2.45, 2.75) is 37.4 Å². The third kappa shape index (κ3) is 6.55. The number of carbonyl (C=O) groups excluding carboxylic acids is 1. The van der Waals surface area contributed by atoms with Crippen molar-refractivity contribution in [1.82, 2.24) is 20.2 Å². The van der Waals surface area contributed by atoms with E-state index in [-0.39, 0.29) is 17.7 Å². The molecule has 1 amide bonds. The Labute approximate surface area is 193 Å².